The van der Waals surface area contributed by atoms with Gasteiger partial charge >= 0.3 is 0 Å². The van der Waals surface area contributed by atoms with Gasteiger partial charge in [-0.3, -0.25) is 9.59 Å². The van der Waals surface area contributed by atoms with Gasteiger partial charge in [0.2, 0.25) is 0 Å². The molecule has 1 N–H and O–H groups in total. The summed E-state index contributed by atoms with van der Waals surface area (Å²) in [4.78, 5) is 27.1. The molecule has 1 unspecified atom stereocenters. The van der Waals surface area contributed by atoms with Crippen molar-refractivity contribution < 1.29 is 24.2 Å². The van der Waals surface area contributed by atoms with Crippen molar-refractivity contribution >= 4 is 17.4 Å². The standard InChI is InChI=1S/C23H25NO5/c1-4-12-24-20(15-8-6-10-17(13-15)28-3)19(22(26)23(24)27)21(25)16-9-7-11-18(14-16)29-5-2/h6-11,13-14,20,25H,4-5,12H2,1-3H3/b21-19-. The van der Waals surface area contributed by atoms with Crippen molar-refractivity contribution in [3.8, 4) is 11.5 Å². The number of benzene rings is 2. The van der Waals surface area contributed by atoms with E-state index in [1.807, 2.05) is 19.9 Å². The number of aliphatic hydroxyl groups excluding tert-OH is 1. The van der Waals surface area contributed by atoms with E-state index in [1.165, 1.54) is 4.90 Å². The third-order valence-electron chi connectivity index (χ3n) is 4.83. The van der Waals surface area contributed by atoms with Crippen LogP contribution in [0.4, 0.5) is 0 Å². The number of rotatable bonds is 7. The van der Waals surface area contributed by atoms with Crippen LogP contribution in [-0.2, 0) is 9.59 Å². The Bertz CT molecular complexity index is 950. The van der Waals surface area contributed by atoms with Gasteiger partial charge in [-0.15, -0.1) is 0 Å². The Morgan fingerprint density at radius 1 is 1.07 bits per heavy atom. The summed E-state index contributed by atoms with van der Waals surface area (Å²) >= 11 is 0. The Morgan fingerprint density at radius 3 is 2.48 bits per heavy atom. The molecule has 6 heteroatoms. The third-order valence-corrected chi connectivity index (χ3v) is 4.83. The van der Waals surface area contributed by atoms with Gasteiger partial charge in [-0.1, -0.05) is 31.2 Å². The lowest BCUT2D eigenvalue weighted by Gasteiger charge is -2.25. The number of methoxy groups -OCH3 is 1. The molecule has 1 atom stereocenters. The van der Waals surface area contributed by atoms with Gasteiger partial charge in [0.25, 0.3) is 11.7 Å². The van der Waals surface area contributed by atoms with Gasteiger partial charge in [-0.05, 0) is 43.2 Å². The van der Waals surface area contributed by atoms with Crippen molar-refractivity contribution in [1.82, 2.24) is 4.90 Å². The summed E-state index contributed by atoms with van der Waals surface area (Å²) in [5, 5.41) is 11.0. The van der Waals surface area contributed by atoms with Gasteiger partial charge in [0.15, 0.2) is 0 Å². The zero-order valence-electron chi connectivity index (χ0n) is 16.8. The second kappa shape index (κ2) is 8.82. The molecule has 2 aromatic rings. The maximum absolute atomic E-state index is 12.9. The number of carbonyl (C=O) groups excluding carboxylic acids is 2. The summed E-state index contributed by atoms with van der Waals surface area (Å²) in [6.45, 7) is 4.69. The van der Waals surface area contributed by atoms with Crippen LogP contribution in [-0.4, -0.2) is 42.0 Å². The number of amides is 1. The fraction of sp³-hybridized carbons (Fsp3) is 0.304. The minimum Gasteiger partial charge on any atom is -0.507 e. The molecule has 6 nitrogen and oxygen atoms in total. The SMILES string of the molecule is CCCN1C(=O)C(=O)/C(=C(\O)c2cccc(OCC)c2)C1c1cccc(OC)c1. The van der Waals surface area contributed by atoms with Crippen LogP contribution in [0.2, 0.25) is 0 Å². The van der Waals surface area contributed by atoms with Gasteiger partial charge in [0, 0.05) is 12.1 Å². The van der Waals surface area contributed by atoms with Crippen molar-refractivity contribution in [3.63, 3.8) is 0 Å². The topological polar surface area (TPSA) is 76.1 Å². The quantitative estimate of drug-likeness (QED) is 0.437. The van der Waals surface area contributed by atoms with Crippen molar-refractivity contribution in [3.05, 3.63) is 65.2 Å². The summed E-state index contributed by atoms with van der Waals surface area (Å²) in [7, 11) is 1.56. The summed E-state index contributed by atoms with van der Waals surface area (Å²) in [6.07, 6.45) is 0.688. The van der Waals surface area contributed by atoms with E-state index < -0.39 is 17.7 Å². The Kier molecular flexibility index (Phi) is 6.22. The minimum absolute atomic E-state index is 0.0744. The molecule has 152 valence electrons. The largest absolute Gasteiger partial charge is 0.507 e. The molecule has 3 rings (SSSR count). The molecule has 2 aromatic carbocycles. The van der Waals surface area contributed by atoms with Gasteiger partial charge in [0.1, 0.15) is 17.3 Å². The van der Waals surface area contributed by atoms with E-state index in [2.05, 4.69) is 0 Å². The lowest BCUT2D eigenvalue weighted by atomic mass is 9.95. The molecule has 0 aromatic heterocycles. The summed E-state index contributed by atoms with van der Waals surface area (Å²) in [5.41, 5.74) is 1.21. The highest BCUT2D eigenvalue weighted by molar-refractivity contribution is 6.46. The minimum atomic E-state index is -0.689. The molecule has 0 saturated carbocycles. The van der Waals surface area contributed by atoms with Crippen molar-refractivity contribution in [2.45, 2.75) is 26.3 Å². The highest BCUT2D eigenvalue weighted by Crippen LogP contribution is 2.40. The summed E-state index contributed by atoms with van der Waals surface area (Å²) in [6, 6.07) is 13.4. The molecule has 0 radical (unpaired) electrons. The van der Waals surface area contributed by atoms with Crippen LogP contribution in [0.1, 0.15) is 37.4 Å². The van der Waals surface area contributed by atoms with Crippen molar-refractivity contribution in [2.75, 3.05) is 20.3 Å². The predicted octanol–water partition coefficient (Wildman–Crippen LogP) is 3.93. The number of hydrogen-bond donors (Lipinski definition) is 1. The normalized spacial score (nSPS) is 18.2. The molecule has 0 aliphatic carbocycles. The Hall–Kier alpha value is -3.28. The summed E-state index contributed by atoms with van der Waals surface area (Å²) < 4.78 is 10.8. The van der Waals surface area contributed by atoms with E-state index in [9.17, 15) is 14.7 Å². The van der Waals surface area contributed by atoms with Crippen LogP contribution >= 0.6 is 0 Å². The molecule has 1 heterocycles. The third kappa shape index (κ3) is 3.97. The molecule has 0 spiro atoms. The molecule has 0 bridgehead atoms. The van der Waals surface area contributed by atoms with E-state index in [-0.39, 0.29) is 11.3 Å². The Balaban J connectivity index is 2.17. The number of Topliss-reactive ketones (excluding diaryl/α,β-unsaturated/α-hetero) is 1. The maximum atomic E-state index is 12.9. The maximum Gasteiger partial charge on any atom is 0.295 e. The summed E-state index contributed by atoms with van der Waals surface area (Å²) in [5.74, 6) is -0.315. The number of nitrogens with zero attached hydrogens (tertiary/aromatic N) is 1. The number of likely N-dealkylation sites (tertiary alicyclic amines) is 1. The van der Waals surface area contributed by atoms with Gasteiger partial charge < -0.3 is 19.5 Å². The van der Waals surface area contributed by atoms with E-state index in [0.717, 1.165) is 0 Å². The number of ether oxygens (including phenoxy) is 2. The first-order chi connectivity index (χ1) is 14.0. The first-order valence-electron chi connectivity index (χ1n) is 9.67. The highest BCUT2D eigenvalue weighted by Gasteiger charge is 2.45. The smallest absolute Gasteiger partial charge is 0.295 e. The zero-order chi connectivity index (χ0) is 21.0. The molecule has 1 aliphatic heterocycles. The van der Waals surface area contributed by atoms with Gasteiger partial charge in [-0.25, -0.2) is 0 Å². The first-order valence-corrected chi connectivity index (χ1v) is 9.67. The average molecular weight is 395 g/mol. The monoisotopic (exact) mass is 395 g/mol. The fourth-order valence-electron chi connectivity index (χ4n) is 3.57. The van der Waals surface area contributed by atoms with E-state index in [1.54, 1.807) is 49.6 Å². The van der Waals surface area contributed by atoms with Crippen LogP contribution in [0, 0.1) is 0 Å². The average Bonchev–Trinajstić information content (AvgIpc) is 2.99. The van der Waals surface area contributed by atoms with Crippen LogP contribution < -0.4 is 9.47 Å². The molecular weight excluding hydrogens is 370 g/mol. The number of ketones is 1. The Morgan fingerprint density at radius 2 is 1.79 bits per heavy atom. The number of aliphatic hydroxyl groups is 1. The zero-order valence-corrected chi connectivity index (χ0v) is 16.8. The molecule has 1 saturated heterocycles. The predicted molar refractivity (Wildman–Crippen MR) is 110 cm³/mol. The van der Waals surface area contributed by atoms with Crippen molar-refractivity contribution in [1.29, 1.82) is 0 Å². The van der Waals surface area contributed by atoms with Gasteiger partial charge in [0.05, 0.1) is 25.3 Å². The second-order valence-corrected chi connectivity index (χ2v) is 6.73. The fourth-order valence-corrected chi connectivity index (χ4v) is 3.57. The molecule has 1 aliphatic rings. The van der Waals surface area contributed by atoms with Crippen LogP contribution in [0.15, 0.2) is 54.1 Å². The molecule has 1 amide bonds. The van der Waals surface area contributed by atoms with Crippen LogP contribution in [0.3, 0.4) is 0 Å². The highest BCUT2D eigenvalue weighted by atomic mass is 16.5. The Labute approximate surface area is 170 Å². The first kappa shape index (κ1) is 20.5. The van der Waals surface area contributed by atoms with Crippen molar-refractivity contribution in [2.24, 2.45) is 0 Å². The lowest BCUT2D eigenvalue weighted by Crippen LogP contribution is -2.30. The number of carbonyl (C=O) groups is 2. The number of hydrogen-bond acceptors (Lipinski definition) is 5. The lowest BCUT2D eigenvalue weighted by molar-refractivity contribution is -0.139. The molecular formula is C23H25NO5. The van der Waals surface area contributed by atoms with Crippen LogP contribution in [0.25, 0.3) is 5.76 Å². The molecule has 1 fully saturated rings. The van der Waals surface area contributed by atoms with E-state index >= 15 is 0 Å². The van der Waals surface area contributed by atoms with Gasteiger partial charge in [-0.2, -0.15) is 0 Å². The van der Waals surface area contributed by atoms with E-state index in [0.29, 0.717) is 42.2 Å². The van der Waals surface area contributed by atoms with Crippen LogP contribution in [0.5, 0.6) is 11.5 Å². The molecule has 29 heavy (non-hydrogen) atoms. The van der Waals surface area contributed by atoms with E-state index in [4.69, 9.17) is 9.47 Å². The second-order valence-electron chi connectivity index (χ2n) is 6.73.